The number of halogens is 3. The number of rotatable bonds is 5. The highest BCUT2D eigenvalue weighted by molar-refractivity contribution is 7.87. The quantitative estimate of drug-likeness (QED) is 0.266. The summed E-state index contributed by atoms with van der Waals surface area (Å²) in [4.78, 5) is 11.7. The first-order chi connectivity index (χ1) is 17.0. The Hall–Kier alpha value is -2.91. The van der Waals surface area contributed by atoms with Crippen LogP contribution in [0.3, 0.4) is 0 Å². The van der Waals surface area contributed by atoms with Crippen LogP contribution in [0.4, 0.5) is 13.2 Å². The van der Waals surface area contributed by atoms with E-state index in [0.717, 1.165) is 41.7 Å². The van der Waals surface area contributed by atoms with E-state index >= 15 is 0 Å². The van der Waals surface area contributed by atoms with Gasteiger partial charge >= 0.3 is 21.6 Å². The molecule has 2 aliphatic carbocycles. The van der Waals surface area contributed by atoms with Gasteiger partial charge in [0.15, 0.2) is 0 Å². The minimum absolute atomic E-state index is 0.0320. The lowest BCUT2D eigenvalue weighted by Gasteiger charge is -2.42. The molecule has 0 spiro atoms. The molecule has 0 heterocycles. The number of carboxylic acids is 1. The highest BCUT2D eigenvalue weighted by Crippen LogP contribution is 2.47. The number of hydrogen-bond acceptors (Lipinski definition) is 4. The Balaban J connectivity index is 1.65. The van der Waals surface area contributed by atoms with Gasteiger partial charge in [0.2, 0.25) is 5.60 Å². The average Bonchev–Trinajstić information content (AvgIpc) is 2.81. The molecule has 0 amide bonds. The van der Waals surface area contributed by atoms with Crippen LogP contribution in [-0.4, -0.2) is 30.6 Å². The van der Waals surface area contributed by atoms with Crippen LogP contribution in [0.2, 0.25) is 0 Å². The van der Waals surface area contributed by atoms with E-state index < -0.39 is 33.1 Å². The van der Waals surface area contributed by atoms with Crippen LogP contribution in [-0.2, 0) is 29.9 Å². The summed E-state index contributed by atoms with van der Waals surface area (Å²) in [5, 5.41) is 9.48. The molecule has 0 saturated heterocycles. The highest BCUT2D eigenvalue weighted by atomic mass is 32.2. The Morgan fingerprint density at radius 1 is 0.919 bits per heavy atom. The maximum Gasteiger partial charge on any atom is 0.523 e. The summed E-state index contributed by atoms with van der Waals surface area (Å²) in [5.74, 6) is -2.36. The van der Waals surface area contributed by atoms with Gasteiger partial charge in [-0.1, -0.05) is 82.3 Å². The van der Waals surface area contributed by atoms with Crippen molar-refractivity contribution in [3.05, 3.63) is 83.5 Å². The standard InChI is InChI=1S/C28H29F3O5S/c1-25(2)14-15-26(3,4)23-17-21(8-9-22(23)25)20-7-5-6-19(16-20)18-10-12-27(13-11-18,24(32)33)36-37(34,35)28(29,30)31/h5-13,16-18H,14-15H2,1-4H3,(H,32,33). The molecule has 1 N–H and O–H groups in total. The monoisotopic (exact) mass is 534 g/mol. The van der Waals surface area contributed by atoms with Crippen molar-refractivity contribution in [2.24, 2.45) is 0 Å². The maximum atomic E-state index is 12.8. The van der Waals surface area contributed by atoms with Crippen LogP contribution >= 0.6 is 0 Å². The summed E-state index contributed by atoms with van der Waals surface area (Å²) in [6.45, 7) is 9.00. The smallest absolute Gasteiger partial charge is 0.479 e. The van der Waals surface area contributed by atoms with Crippen molar-refractivity contribution >= 4 is 16.1 Å². The van der Waals surface area contributed by atoms with Crippen molar-refractivity contribution < 1.29 is 35.7 Å². The molecule has 5 nitrogen and oxygen atoms in total. The number of carboxylic acid groups (broad SMARTS) is 1. The van der Waals surface area contributed by atoms with Gasteiger partial charge in [-0.15, -0.1) is 0 Å². The summed E-state index contributed by atoms with van der Waals surface area (Å²) < 4.78 is 65.6. The minimum Gasteiger partial charge on any atom is -0.479 e. The molecule has 2 aliphatic rings. The lowest BCUT2D eigenvalue weighted by atomic mass is 9.63. The second-order valence-electron chi connectivity index (χ2n) is 11.0. The average molecular weight is 535 g/mol. The van der Waals surface area contributed by atoms with Crippen LogP contribution in [0.1, 0.15) is 63.1 Å². The lowest BCUT2D eigenvalue weighted by molar-refractivity contribution is -0.148. The highest BCUT2D eigenvalue weighted by Gasteiger charge is 2.53. The first-order valence-electron chi connectivity index (χ1n) is 11.9. The second kappa shape index (κ2) is 8.84. The van der Waals surface area contributed by atoms with Crippen molar-refractivity contribution in [1.29, 1.82) is 0 Å². The Morgan fingerprint density at radius 2 is 1.49 bits per heavy atom. The van der Waals surface area contributed by atoms with Gasteiger partial charge in [0, 0.05) is 5.92 Å². The van der Waals surface area contributed by atoms with Gasteiger partial charge in [-0.25, -0.2) is 8.98 Å². The van der Waals surface area contributed by atoms with Gasteiger partial charge < -0.3 is 5.11 Å². The predicted octanol–water partition coefficient (Wildman–Crippen LogP) is 6.60. The van der Waals surface area contributed by atoms with Crippen molar-refractivity contribution in [3.63, 3.8) is 0 Å². The molecule has 2 aromatic rings. The van der Waals surface area contributed by atoms with E-state index in [1.165, 1.54) is 23.3 Å². The first-order valence-corrected chi connectivity index (χ1v) is 13.3. The van der Waals surface area contributed by atoms with Crippen molar-refractivity contribution in [3.8, 4) is 11.1 Å². The molecule has 2 aromatic carbocycles. The molecule has 37 heavy (non-hydrogen) atoms. The molecule has 0 fully saturated rings. The zero-order valence-corrected chi connectivity index (χ0v) is 21.8. The van der Waals surface area contributed by atoms with E-state index in [9.17, 15) is 31.5 Å². The zero-order chi connectivity index (χ0) is 27.4. The molecular weight excluding hydrogens is 505 g/mol. The largest absolute Gasteiger partial charge is 0.523 e. The molecule has 0 radical (unpaired) electrons. The minimum atomic E-state index is -6.13. The lowest BCUT2D eigenvalue weighted by Crippen LogP contribution is -2.44. The number of carbonyl (C=O) groups is 1. The summed E-state index contributed by atoms with van der Waals surface area (Å²) >= 11 is 0. The van der Waals surface area contributed by atoms with Crippen LogP contribution in [0.15, 0.2) is 66.8 Å². The maximum absolute atomic E-state index is 12.8. The van der Waals surface area contributed by atoms with E-state index in [1.807, 2.05) is 24.3 Å². The van der Waals surface area contributed by atoms with Gasteiger partial charge in [-0.3, -0.25) is 0 Å². The fourth-order valence-corrected chi connectivity index (χ4v) is 5.63. The van der Waals surface area contributed by atoms with Gasteiger partial charge in [0.05, 0.1) is 0 Å². The van der Waals surface area contributed by atoms with Gasteiger partial charge in [-0.2, -0.15) is 21.6 Å². The van der Waals surface area contributed by atoms with E-state index in [4.69, 9.17) is 0 Å². The molecule has 0 saturated carbocycles. The second-order valence-corrected chi connectivity index (χ2v) is 12.5. The molecule has 0 atom stereocenters. The van der Waals surface area contributed by atoms with Crippen molar-refractivity contribution in [2.75, 3.05) is 0 Å². The molecule has 4 rings (SSSR count). The SMILES string of the molecule is CC1(C)CCC(C)(C)c2cc(-c3cccc(C4C=CC(OS(=O)(=O)C(F)(F)F)(C(=O)O)C=C4)c3)ccc21. The van der Waals surface area contributed by atoms with Crippen LogP contribution in [0.25, 0.3) is 11.1 Å². The van der Waals surface area contributed by atoms with Crippen molar-refractivity contribution in [2.45, 2.75) is 68.4 Å². The van der Waals surface area contributed by atoms with Gasteiger partial charge in [-0.05, 0) is 63.6 Å². The molecule has 0 aliphatic heterocycles. The third-order valence-corrected chi connectivity index (χ3v) is 8.49. The Bertz CT molecular complexity index is 1390. The third-order valence-electron chi connectivity index (χ3n) is 7.43. The number of hydrogen-bond donors (Lipinski definition) is 1. The molecule has 198 valence electrons. The Morgan fingerprint density at radius 3 is 2.05 bits per heavy atom. The fraction of sp³-hybridized carbons (Fsp3) is 0.393. The fourth-order valence-electron chi connectivity index (χ4n) is 4.99. The number of alkyl halides is 3. The van der Waals surface area contributed by atoms with E-state index in [2.05, 4.69) is 50.1 Å². The predicted molar refractivity (Wildman–Crippen MR) is 135 cm³/mol. The van der Waals surface area contributed by atoms with Crippen LogP contribution in [0.5, 0.6) is 0 Å². The normalized spacial score (nSPS) is 24.5. The summed E-state index contributed by atoms with van der Waals surface area (Å²) in [7, 11) is -6.13. The molecule has 9 heteroatoms. The summed E-state index contributed by atoms with van der Waals surface area (Å²) in [5.41, 5.74) is -3.05. The van der Waals surface area contributed by atoms with Crippen LogP contribution < -0.4 is 0 Å². The van der Waals surface area contributed by atoms with E-state index in [1.54, 1.807) is 0 Å². The van der Waals surface area contributed by atoms with Crippen molar-refractivity contribution in [1.82, 2.24) is 0 Å². The first kappa shape index (κ1) is 27.1. The van der Waals surface area contributed by atoms with Gasteiger partial charge in [0.1, 0.15) is 0 Å². The summed E-state index contributed by atoms with van der Waals surface area (Å²) in [6.07, 6.45) is 6.51. The topological polar surface area (TPSA) is 80.7 Å². The molecule has 0 unspecified atom stereocenters. The molecule has 0 bridgehead atoms. The number of aliphatic carboxylic acids is 1. The van der Waals surface area contributed by atoms with E-state index in [-0.39, 0.29) is 10.8 Å². The van der Waals surface area contributed by atoms with E-state index in [0.29, 0.717) is 0 Å². The molecule has 0 aromatic heterocycles. The van der Waals surface area contributed by atoms with Gasteiger partial charge in [0.25, 0.3) is 0 Å². The zero-order valence-electron chi connectivity index (χ0n) is 21.0. The number of fused-ring (bicyclic) bond motifs is 1. The Kier molecular flexibility index (Phi) is 6.48. The molecular formula is C28H29F3O5S. The number of allylic oxidation sites excluding steroid dienone is 2. The number of benzene rings is 2. The van der Waals surface area contributed by atoms with Crippen LogP contribution in [0, 0.1) is 0 Å². The third kappa shape index (κ3) is 4.99. The summed E-state index contributed by atoms with van der Waals surface area (Å²) in [6, 6.07) is 14.0. The Labute approximate surface area is 214 Å².